The van der Waals surface area contributed by atoms with Crippen LogP contribution in [0.2, 0.25) is 0 Å². The normalized spacial score (nSPS) is 16.9. The summed E-state index contributed by atoms with van der Waals surface area (Å²) in [6.45, 7) is 2.46. The highest BCUT2D eigenvalue weighted by Gasteiger charge is 2.15. The highest BCUT2D eigenvalue weighted by Crippen LogP contribution is 2.25. The molecule has 1 fully saturated rings. The van der Waals surface area contributed by atoms with Gasteiger partial charge in [-0.2, -0.15) is 0 Å². The maximum atomic E-state index is 5.83. The molecule has 0 spiro atoms. The fourth-order valence-corrected chi connectivity index (χ4v) is 2.35. The fraction of sp³-hybridized carbons (Fsp3) is 0.500. The van der Waals surface area contributed by atoms with E-state index in [0.29, 0.717) is 18.6 Å². The van der Waals surface area contributed by atoms with Crippen molar-refractivity contribution in [1.29, 1.82) is 0 Å². The van der Waals surface area contributed by atoms with Gasteiger partial charge in [-0.25, -0.2) is 4.98 Å². The van der Waals surface area contributed by atoms with Crippen LogP contribution < -0.4 is 10.1 Å². The number of hydrogen-bond acceptors (Lipinski definition) is 5. The van der Waals surface area contributed by atoms with Gasteiger partial charge in [-0.1, -0.05) is 6.07 Å². The molecule has 0 aliphatic carbocycles. The molecule has 2 heterocycles. The highest BCUT2D eigenvalue weighted by atomic mass is 16.5. The third-order valence-corrected chi connectivity index (χ3v) is 3.37. The summed E-state index contributed by atoms with van der Waals surface area (Å²) < 4.78 is 16.8. The first kappa shape index (κ1) is 12.4. The van der Waals surface area contributed by atoms with Gasteiger partial charge in [0, 0.05) is 0 Å². The maximum Gasteiger partial charge on any atom is 0.221 e. The van der Waals surface area contributed by atoms with Crippen LogP contribution in [0.3, 0.4) is 0 Å². The number of nitrogens with one attached hydrogen (secondary N) is 1. The van der Waals surface area contributed by atoms with Crippen molar-refractivity contribution in [3.63, 3.8) is 0 Å². The second-order valence-corrected chi connectivity index (χ2v) is 4.67. The van der Waals surface area contributed by atoms with E-state index in [1.165, 1.54) is 0 Å². The van der Waals surface area contributed by atoms with Crippen molar-refractivity contribution in [3.05, 3.63) is 24.1 Å². The van der Waals surface area contributed by atoms with Crippen molar-refractivity contribution < 1.29 is 13.9 Å². The molecule has 2 aromatic rings. The topological polar surface area (TPSA) is 56.5 Å². The van der Waals surface area contributed by atoms with Gasteiger partial charge in [0.2, 0.25) is 5.89 Å². The van der Waals surface area contributed by atoms with Crippen molar-refractivity contribution in [1.82, 2.24) is 10.3 Å². The first-order chi connectivity index (χ1) is 9.36. The van der Waals surface area contributed by atoms with Crippen LogP contribution in [-0.4, -0.2) is 31.3 Å². The molecule has 5 nitrogen and oxygen atoms in total. The van der Waals surface area contributed by atoms with Crippen LogP contribution in [0.4, 0.5) is 0 Å². The third kappa shape index (κ3) is 2.72. The zero-order chi connectivity index (χ0) is 13.1. The Labute approximate surface area is 111 Å². The van der Waals surface area contributed by atoms with Crippen LogP contribution in [0, 0.1) is 0 Å². The van der Waals surface area contributed by atoms with Gasteiger partial charge in [-0.05, 0) is 38.1 Å². The van der Waals surface area contributed by atoms with E-state index in [2.05, 4.69) is 10.3 Å². The molecule has 1 aliphatic rings. The largest absolute Gasteiger partial charge is 0.494 e. The second kappa shape index (κ2) is 5.59. The molecule has 0 atom stereocenters. The molecular weight excluding hydrogens is 244 g/mol. The molecule has 1 saturated heterocycles. The van der Waals surface area contributed by atoms with Gasteiger partial charge in [0.1, 0.15) is 12.4 Å². The molecule has 1 aliphatic heterocycles. The Balaban J connectivity index is 1.70. The van der Waals surface area contributed by atoms with Crippen molar-refractivity contribution in [2.24, 2.45) is 0 Å². The Morgan fingerprint density at radius 3 is 3.00 bits per heavy atom. The van der Waals surface area contributed by atoms with E-state index < -0.39 is 0 Å². The number of hydrogen-bond donors (Lipinski definition) is 1. The molecule has 102 valence electrons. The highest BCUT2D eigenvalue weighted by molar-refractivity contribution is 5.79. The van der Waals surface area contributed by atoms with Gasteiger partial charge in [-0.15, -0.1) is 0 Å². The van der Waals surface area contributed by atoms with E-state index in [0.717, 1.165) is 42.8 Å². The number of methoxy groups -OCH3 is 1. The SMILES string of the molecule is COc1cccc2oc(COC3CCNCC3)nc12. The Bertz CT molecular complexity index is 547. The van der Waals surface area contributed by atoms with Crippen LogP contribution in [0.25, 0.3) is 11.1 Å². The molecule has 0 saturated carbocycles. The minimum atomic E-state index is 0.304. The smallest absolute Gasteiger partial charge is 0.221 e. The first-order valence-corrected chi connectivity index (χ1v) is 6.61. The number of rotatable bonds is 4. The third-order valence-electron chi connectivity index (χ3n) is 3.37. The average Bonchev–Trinajstić information content (AvgIpc) is 2.89. The Morgan fingerprint density at radius 1 is 1.37 bits per heavy atom. The van der Waals surface area contributed by atoms with E-state index in [1.54, 1.807) is 7.11 Å². The number of piperidine rings is 1. The zero-order valence-electron chi connectivity index (χ0n) is 11.0. The van der Waals surface area contributed by atoms with Crippen LogP contribution in [-0.2, 0) is 11.3 Å². The molecule has 1 aromatic heterocycles. The lowest BCUT2D eigenvalue weighted by Gasteiger charge is -2.22. The molecule has 0 amide bonds. The molecule has 19 heavy (non-hydrogen) atoms. The molecule has 1 N–H and O–H groups in total. The Kier molecular flexibility index (Phi) is 3.66. The van der Waals surface area contributed by atoms with Gasteiger partial charge in [-0.3, -0.25) is 0 Å². The molecule has 3 rings (SSSR count). The number of para-hydroxylation sites is 1. The summed E-state index contributed by atoms with van der Waals surface area (Å²) in [5, 5.41) is 3.31. The predicted molar refractivity (Wildman–Crippen MR) is 71.2 cm³/mol. The number of oxazole rings is 1. The van der Waals surface area contributed by atoms with Crippen molar-refractivity contribution >= 4 is 11.1 Å². The average molecular weight is 262 g/mol. The summed E-state index contributed by atoms with van der Waals surface area (Å²) in [6, 6.07) is 5.66. The lowest BCUT2D eigenvalue weighted by atomic mass is 10.1. The number of aromatic nitrogens is 1. The van der Waals surface area contributed by atoms with Crippen molar-refractivity contribution in [2.45, 2.75) is 25.6 Å². The summed E-state index contributed by atoms with van der Waals surface area (Å²) in [6.07, 6.45) is 2.39. The van der Waals surface area contributed by atoms with Crippen LogP contribution in [0.15, 0.2) is 22.6 Å². The molecular formula is C14H18N2O3. The molecule has 0 radical (unpaired) electrons. The lowest BCUT2D eigenvalue weighted by Crippen LogP contribution is -2.32. The second-order valence-electron chi connectivity index (χ2n) is 4.67. The standard InChI is InChI=1S/C14H18N2O3/c1-17-11-3-2-4-12-14(11)16-13(19-12)9-18-10-5-7-15-8-6-10/h2-4,10,15H,5-9H2,1H3. The number of benzene rings is 1. The molecule has 0 unspecified atom stereocenters. The summed E-state index contributed by atoms with van der Waals surface area (Å²) in [4.78, 5) is 4.44. The minimum Gasteiger partial charge on any atom is -0.494 e. The maximum absolute atomic E-state index is 5.83. The van der Waals surface area contributed by atoms with Crippen molar-refractivity contribution in [2.75, 3.05) is 20.2 Å². The Morgan fingerprint density at radius 2 is 2.21 bits per heavy atom. The Hall–Kier alpha value is -1.59. The molecule has 0 bridgehead atoms. The van der Waals surface area contributed by atoms with Crippen LogP contribution >= 0.6 is 0 Å². The number of fused-ring (bicyclic) bond motifs is 1. The summed E-state index contributed by atoms with van der Waals surface area (Å²) >= 11 is 0. The summed E-state index contributed by atoms with van der Waals surface area (Å²) in [7, 11) is 1.63. The summed E-state index contributed by atoms with van der Waals surface area (Å²) in [5.41, 5.74) is 1.50. The van der Waals surface area contributed by atoms with E-state index in [-0.39, 0.29) is 0 Å². The quantitative estimate of drug-likeness (QED) is 0.914. The van der Waals surface area contributed by atoms with Crippen LogP contribution in [0.5, 0.6) is 5.75 Å². The lowest BCUT2D eigenvalue weighted by molar-refractivity contribution is 0.0113. The van der Waals surface area contributed by atoms with E-state index in [1.807, 2.05) is 18.2 Å². The minimum absolute atomic E-state index is 0.304. The van der Waals surface area contributed by atoms with E-state index >= 15 is 0 Å². The number of nitrogens with zero attached hydrogens (tertiary/aromatic N) is 1. The van der Waals surface area contributed by atoms with E-state index in [9.17, 15) is 0 Å². The van der Waals surface area contributed by atoms with Gasteiger partial charge in [0.05, 0.1) is 13.2 Å². The molecule has 5 heteroatoms. The van der Waals surface area contributed by atoms with Gasteiger partial charge in [0.15, 0.2) is 11.1 Å². The van der Waals surface area contributed by atoms with Gasteiger partial charge >= 0.3 is 0 Å². The fourth-order valence-electron chi connectivity index (χ4n) is 2.35. The zero-order valence-corrected chi connectivity index (χ0v) is 11.0. The van der Waals surface area contributed by atoms with E-state index in [4.69, 9.17) is 13.9 Å². The van der Waals surface area contributed by atoms with Crippen LogP contribution in [0.1, 0.15) is 18.7 Å². The van der Waals surface area contributed by atoms with Gasteiger partial charge in [0.25, 0.3) is 0 Å². The first-order valence-electron chi connectivity index (χ1n) is 6.61. The van der Waals surface area contributed by atoms with Gasteiger partial charge < -0.3 is 19.2 Å². The summed E-state index contributed by atoms with van der Waals surface area (Å²) in [5.74, 6) is 1.34. The molecule has 1 aromatic carbocycles. The predicted octanol–water partition coefficient (Wildman–Crippen LogP) is 2.10. The van der Waals surface area contributed by atoms with Crippen molar-refractivity contribution in [3.8, 4) is 5.75 Å². The monoisotopic (exact) mass is 262 g/mol. The number of ether oxygens (including phenoxy) is 2.